The molecule has 1 N–H and O–H groups in total. The maximum atomic E-state index is 11.5. The lowest BCUT2D eigenvalue weighted by atomic mass is 9.89. The Morgan fingerprint density at radius 2 is 2.17 bits per heavy atom. The molecule has 0 rings (SSSR count). The van der Waals surface area contributed by atoms with E-state index in [2.05, 4.69) is 4.74 Å². The van der Waals surface area contributed by atoms with Crippen LogP contribution in [0.25, 0.3) is 0 Å². The third-order valence-corrected chi connectivity index (χ3v) is 1.82. The van der Waals surface area contributed by atoms with Crippen LogP contribution >= 0.6 is 0 Å². The molecule has 0 aliphatic carbocycles. The summed E-state index contributed by atoms with van der Waals surface area (Å²) in [6, 6.07) is 0. The molecule has 0 aliphatic heterocycles. The molecule has 1 atom stereocenters. The van der Waals surface area contributed by atoms with Gasteiger partial charge in [-0.15, -0.1) is 0 Å². The zero-order valence-electron chi connectivity index (χ0n) is 7.01. The zero-order chi connectivity index (χ0) is 9.78. The molecule has 0 saturated carbocycles. The van der Waals surface area contributed by atoms with Crippen molar-refractivity contribution in [2.75, 3.05) is 6.61 Å². The number of aliphatic carboxylic acids is 1. The normalized spacial score (nSPS) is 16.1. The second-order valence-corrected chi connectivity index (χ2v) is 2.79. The summed E-state index contributed by atoms with van der Waals surface area (Å²) in [5.41, 5.74) is -1.21. The summed E-state index contributed by atoms with van der Waals surface area (Å²) in [4.78, 5) is 10.5. The van der Waals surface area contributed by atoms with Crippen LogP contribution in [0.15, 0.2) is 0 Å². The molecule has 0 radical (unpaired) electrons. The first kappa shape index (κ1) is 11.3. The van der Waals surface area contributed by atoms with E-state index >= 15 is 0 Å². The Hall–Kier alpha value is -0.710. The number of alkyl halides is 2. The van der Waals surface area contributed by atoms with Crippen molar-refractivity contribution < 1.29 is 23.4 Å². The standard InChI is InChI=1S/C7H12F2O3/c1-3-7(2,5(10)11)4-12-6(8)9/h6H,3-4H2,1-2H3,(H,10,11). The van der Waals surface area contributed by atoms with Gasteiger partial charge in [0.2, 0.25) is 0 Å². The summed E-state index contributed by atoms with van der Waals surface area (Å²) in [7, 11) is 0. The summed E-state index contributed by atoms with van der Waals surface area (Å²) in [6.45, 7) is -0.382. The number of halogens is 2. The van der Waals surface area contributed by atoms with Crippen molar-refractivity contribution in [2.24, 2.45) is 5.41 Å². The number of carboxylic acid groups (broad SMARTS) is 1. The molecule has 0 spiro atoms. The van der Waals surface area contributed by atoms with E-state index in [1.807, 2.05) is 0 Å². The average molecular weight is 182 g/mol. The molecule has 0 fully saturated rings. The topological polar surface area (TPSA) is 46.5 Å². The van der Waals surface area contributed by atoms with Gasteiger partial charge < -0.3 is 9.84 Å². The van der Waals surface area contributed by atoms with Gasteiger partial charge in [0.25, 0.3) is 0 Å². The number of ether oxygens (including phenoxy) is 1. The van der Waals surface area contributed by atoms with Crippen LogP contribution in [-0.2, 0) is 9.53 Å². The minimum Gasteiger partial charge on any atom is -0.481 e. The minimum absolute atomic E-state index is 0.259. The van der Waals surface area contributed by atoms with Crippen molar-refractivity contribution in [1.82, 2.24) is 0 Å². The molecule has 1 unspecified atom stereocenters. The highest BCUT2D eigenvalue weighted by Gasteiger charge is 2.32. The number of hydrogen-bond donors (Lipinski definition) is 1. The van der Waals surface area contributed by atoms with E-state index < -0.39 is 24.6 Å². The first-order chi connectivity index (χ1) is 5.42. The molecule has 72 valence electrons. The molecule has 3 nitrogen and oxygen atoms in total. The van der Waals surface area contributed by atoms with Crippen molar-refractivity contribution in [3.05, 3.63) is 0 Å². The maximum Gasteiger partial charge on any atom is 0.345 e. The van der Waals surface area contributed by atoms with Crippen LogP contribution in [0.3, 0.4) is 0 Å². The largest absolute Gasteiger partial charge is 0.481 e. The van der Waals surface area contributed by atoms with Crippen LogP contribution in [-0.4, -0.2) is 24.3 Å². The predicted octanol–water partition coefficient (Wildman–Crippen LogP) is 1.73. The van der Waals surface area contributed by atoms with Gasteiger partial charge in [-0.2, -0.15) is 8.78 Å². The van der Waals surface area contributed by atoms with Crippen molar-refractivity contribution in [1.29, 1.82) is 0 Å². The Labute approximate surface area is 69.3 Å². The van der Waals surface area contributed by atoms with E-state index in [1.54, 1.807) is 6.92 Å². The van der Waals surface area contributed by atoms with E-state index in [4.69, 9.17) is 5.11 Å². The van der Waals surface area contributed by atoms with Gasteiger partial charge in [0.1, 0.15) is 0 Å². The number of rotatable bonds is 5. The smallest absolute Gasteiger partial charge is 0.345 e. The number of hydrogen-bond acceptors (Lipinski definition) is 2. The Bertz CT molecular complexity index is 161. The second kappa shape index (κ2) is 4.35. The van der Waals surface area contributed by atoms with Gasteiger partial charge in [0, 0.05) is 0 Å². The zero-order valence-corrected chi connectivity index (χ0v) is 7.01. The molecule has 0 saturated heterocycles. The first-order valence-electron chi connectivity index (χ1n) is 3.55. The van der Waals surface area contributed by atoms with E-state index in [0.717, 1.165) is 0 Å². The monoisotopic (exact) mass is 182 g/mol. The van der Waals surface area contributed by atoms with Gasteiger partial charge in [-0.3, -0.25) is 4.79 Å². The van der Waals surface area contributed by atoms with E-state index in [-0.39, 0.29) is 6.42 Å². The molecule has 5 heteroatoms. The summed E-state index contributed by atoms with van der Waals surface area (Å²) in [5.74, 6) is -1.12. The van der Waals surface area contributed by atoms with Crippen molar-refractivity contribution in [3.63, 3.8) is 0 Å². The molecule has 0 aliphatic rings. The van der Waals surface area contributed by atoms with E-state index in [1.165, 1.54) is 6.92 Å². The van der Waals surface area contributed by atoms with Gasteiger partial charge in [-0.25, -0.2) is 0 Å². The SMILES string of the molecule is CCC(C)(COC(F)F)C(=O)O. The van der Waals surface area contributed by atoms with Crippen LogP contribution in [0.4, 0.5) is 8.78 Å². The fraction of sp³-hybridized carbons (Fsp3) is 0.857. The molecular formula is C7H12F2O3. The predicted molar refractivity (Wildman–Crippen MR) is 38.0 cm³/mol. The third kappa shape index (κ3) is 3.13. The fourth-order valence-electron chi connectivity index (χ4n) is 0.562. The third-order valence-electron chi connectivity index (χ3n) is 1.82. The van der Waals surface area contributed by atoms with Crippen molar-refractivity contribution >= 4 is 5.97 Å². The molecule has 0 amide bonds. The van der Waals surface area contributed by atoms with Gasteiger partial charge in [0.15, 0.2) is 0 Å². The minimum atomic E-state index is -2.91. The fourth-order valence-corrected chi connectivity index (χ4v) is 0.562. The molecule has 0 aromatic heterocycles. The van der Waals surface area contributed by atoms with E-state index in [0.29, 0.717) is 0 Å². The van der Waals surface area contributed by atoms with Crippen LogP contribution in [0.1, 0.15) is 20.3 Å². The van der Waals surface area contributed by atoms with Gasteiger partial charge in [-0.1, -0.05) is 6.92 Å². The van der Waals surface area contributed by atoms with Crippen LogP contribution in [0.5, 0.6) is 0 Å². The molecule has 12 heavy (non-hydrogen) atoms. The number of carboxylic acids is 1. The van der Waals surface area contributed by atoms with Crippen LogP contribution in [0.2, 0.25) is 0 Å². The second-order valence-electron chi connectivity index (χ2n) is 2.79. The lowest BCUT2D eigenvalue weighted by Gasteiger charge is -2.21. The van der Waals surface area contributed by atoms with Gasteiger partial charge in [0.05, 0.1) is 12.0 Å². The van der Waals surface area contributed by atoms with Crippen LogP contribution in [0, 0.1) is 5.41 Å². The van der Waals surface area contributed by atoms with Crippen molar-refractivity contribution in [3.8, 4) is 0 Å². The maximum absolute atomic E-state index is 11.5. The highest BCUT2D eigenvalue weighted by atomic mass is 19.3. The highest BCUT2D eigenvalue weighted by Crippen LogP contribution is 2.22. The Balaban J connectivity index is 4.06. The van der Waals surface area contributed by atoms with Crippen molar-refractivity contribution in [2.45, 2.75) is 26.9 Å². The lowest BCUT2D eigenvalue weighted by Crippen LogP contribution is -2.32. The Morgan fingerprint density at radius 1 is 1.67 bits per heavy atom. The molecule has 0 heterocycles. The Kier molecular flexibility index (Phi) is 4.09. The summed E-state index contributed by atoms with van der Waals surface area (Å²) < 4.78 is 27.0. The summed E-state index contributed by atoms with van der Waals surface area (Å²) >= 11 is 0. The Morgan fingerprint density at radius 3 is 2.42 bits per heavy atom. The van der Waals surface area contributed by atoms with Gasteiger partial charge in [-0.05, 0) is 13.3 Å². The van der Waals surface area contributed by atoms with Gasteiger partial charge >= 0.3 is 12.6 Å². The lowest BCUT2D eigenvalue weighted by molar-refractivity contribution is -0.172. The van der Waals surface area contributed by atoms with E-state index in [9.17, 15) is 13.6 Å². The highest BCUT2D eigenvalue weighted by molar-refractivity contribution is 5.74. The average Bonchev–Trinajstić information content (AvgIpc) is 1.99. The molecule has 0 aromatic carbocycles. The molecule has 0 bridgehead atoms. The summed E-state index contributed by atoms with van der Waals surface area (Å²) in [5, 5.41) is 8.62. The summed E-state index contributed by atoms with van der Waals surface area (Å²) in [6.07, 6.45) is 0.259. The molecule has 0 aromatic rings. The molecular weight excluding hydrogens is 170 g/mol. The first-order valence-corrected chi connectivity index (χ1v) is 3.55. The quantitative estimate of drug-likeness (QED) is 0.704. The number of carbonyl (C=O) groups is 1. The van der Waals surface area contributed by atoms with Crippen LogP contribution < -0.4 is 0 Å².